The van der Waals surface area contributed by atoms with Crippen LogP contribution in [0.15, 0.2) is 12.1 Å². The third kappa shape index (κ3) is 9.00. The molecule has 0 heterocycles. The van der Waals surface area contributed by atoms with Gasteiger partial charge >= 0.3 is 11.9 Å². The maximum Gasteiger partial charge on any atom is 0.308 e. The number of hydrogen-bond donors (Lipinski definition) is 0. The number of ether oxygens (including phenoxy) is 4. The van der Waals surface area contributed by atoms with Gasteiger partial charge in [0.25, 0.3) is 0 Å². The Kier molecular flexibility index (Phi) is 10.9. The normalized spacial score (nSPS) is 12.7. The fourth-order valence-corrected chi connectivity index (χ4v) is 5.61. The van der Waals surface area contributed by atoms with Gasteiger partial charge in [-0.1, -0.05) is 83.1 Å². The molecule has 0 saturated heterocycles. The fraction of sp³-hybridized carbons (Fsp3) is 0.622. The van der Waals surface area contributed by atoms with Crippen LogP contribution in [-0.4, -0.2) is 25.2 Å². The average molecular weight is 597 g/mol. The molecule has 0 atom stereocenters. The summed E-state index contributed by atoms with van der Waals surface area (Å²) in [7, 11) is 0. The Morgan fingerprint density at radius 2 is 0.860 bits per heavy atom. The maximum atomic E-state index is 12.1. The van der Waals surface area contributed by atoms with Crippen LogP contribution in [0.25, 0.3) is 0 Å². The Balaban J connectivity index is 2.40. The van der Waals surface area contributed by atoms with E-state index < -0.39 is 0 Å². The van der Waals surface area contributed by atoms with E-state index >= 15 is 0 Å². The average Bonchev–Trinajstić information content (AvgIpc) is 2.77. The van der Waals surface area contributed by atoms with E-state index in [1.54, 1.807) is 0 Å². The van der Waals surface area contributed by atoms with Crippen LogP contribution in [0, 0.1) is 13.8 Å². The second-order valence-corrected chi connectivity index (χ2v) is 15.7. The molecular formula is C37H56O6. The van der Waals surface area contributed by atoms with Gasteiger partial charge in [0.05, 0.1) is 13.2 Å². The van der Waals surface area contributed by atoms with Gasteiger partial charge in [-0.3, -0.25) is 9.59 Å². The lowest BCUT2D eigenvalue weighted by atomic mass is 9.77. The summed E-state index contributed by atoms with van der Waals surface area (Å²) in [6.07, 6.45) is 0.668. The Morgan fingerprint density at radius 1 is 0.558 bits per heavy atom. The van der Waals surface area contributed by atoms with E-state index in [2.05, 4.69) is 83.1 Å². The zero-order valence-electron chi connectivity index (χ0n) is 29.7. The highest BCUT2D eigenvalue weighted by Gasteiger charge is 2.33. The fourth-order valence-electron chi connectivity index (χ4n) is 5.61. The molecule has 0 unspecified atom stereocenters. The number of rotatable bonds is 8. The molecule has 0 aliphatic carbocycles. The minimum Gasteiger partial charge on any atom is -0.493 e. The van der Waals surface area contributed by atoms with E-state index in [4.69, 9.17) is 18.9 Å². The predicted molar refractivity (Wildman–Crippen MR) is 175 cm³/mol. The first-order chi connectivity index (χ1) is 19.4. The lowest BCUT2D eigenvalue weighted by molar-refractivity contribution is -0.133. The van der Waals surface area contributed by atoms with Crippen LogP contribution in [0.5, 0.6) is 23.0 Å². The van der Waals surface area contributed by atoms with Crippen LogP contribution < -0.4 is 18.9 Å². The van der Waals surface area contributed by atoms with Gasteiger partial charge in [-0.05, 0) is 58.8 Å². The summed E-state index contributed by atoms with van der Waals surface area (Å²) in [4.78, 5) is 24.2. The lowest BCUT2D eigenvalue weighted by Gasteiger charge is -2.32. The molecule has 2 aromatic rings. The van der Waals surface area contributed by atoms with Crippen molar-refractivity contribution >= 4 is 11.9 Å². The Hall–Kier alpha value is -3.02. The van der Waals surface area contributed by atoms with Crippen LogP contribution in [0.1, 0.15) is 137 Å². The molecule has 0 aliphatic rings. The molecule has 6 nitrogen and oxygen atoms in total. The van der Waals surface area contributed by atoms with Crippen molar-refractivity contribution in [3.05, 3.63) is 45.5 Å². The highest BCUT2D eigenvalue weighted by molar-refractivity contribution is 5.73. The van der Waals surface area contributed by atoms with E-state index in [1.807, 2.05) is 26.0 Å². The van der Waals surface area contributed by atoms with Crippen molar-refractivity contribution in [2.45, 2.75) is 139 Å². The van der Waals surface area contributed by atoms with Gasteiger partial charge in [0.1, 0.15) is 23.0 Å². The summed E-state index contributed by atoms with van der Waals surface area (Å²) in [5.74, 6) is 2.19. The molecule has 43 heavy (non-hydrogen) atoms. The number of hydrogen-bond acceptors (Lipinski definition) is 6. The van der Waals surface area contributed by atoms with Crippen molar-refractivity contribution in [3.8, 4) is 23.0 Å². The maximum absolute atomic E-state index is 12.1. The minimum absolute atomic E-state index is 0.259. The predicted octanol–water partition coefficient (Wildman–Crippen LogP) is 9.19. The molecule has 0 saturated carbocycles. The highest BCUT2D eigenvalue weighted by Crippen LogP contribution is 2.47. The quantitative estimate of drug-likeness (QED) is 0.172. The smallest absolute Gasteiger partial charge is 0.308 e. The molecule has 0 bridgehead atoms. The van der Waals surface area contributed by atoms with Gasteiger partial charge in [-0.2, -0.15) is 0 Å². The van der Waals surface area contributed by atoms with E-state index in [1.165, 1.54) is 13.8 Å². The van der Waals surface area contributed by atoms with Crippen molar-refractivity contribution in [2.24, 2.45) is 0 Å². The molecule has 0 aliphatic heterocycles. The summed E-state index contributed by atoms with van der Waals surface area (Å²) in [5, 5.41) is 0. The third-order valence-electron chi connectivity index (χ3n) is 7.39. The Labute approximate surface area is 260 Å². The van der Waals surface area contributed by atoms with Crippen LogP contribution in [0.2, 0.25) is 0 Å². The van der Waals surface area contributed by atoms with E-state index in [0.717, 1.165) is 44.9 Å². The second-order valence-electron chi connectivity index (χ2n) is 15.7. The first kappa shape index (κ1) is 36.2. The number of carbonyl (C=O) groups excluding carboxylic acids is 2. The zero-order chi connectivity index (χ0) is 33.3. The highest BCUT2D eigenvalue weighted by atomic mass is 16.5. The third-order valence-corrected chi connectivity index (χ3v) is 7.39. The first-order valence-electron chi connectivity index (χ1n) is 15.4. The number of benzene rings is 2. The molecule has 0 radical (unpaired) electrons. The molecule has 2 rings (SSSR count). The van der Waals surface area contributed by atoms with E-state index in [9.17, 15) is 9.59 Å². The topological polar surface area (TPSA) is 71.1 Å². The van der Waals surface area contributed by atoms with Gasteiger partial charge < -0.3 is 18.9 Å². The molecule has 6 heteroatoms. The molecule has 240 valence electrons. The van der Waals surface area contributed by atoms with Crippen molar-refractivity contribution < 1.29 is 28.5 Å². The molecule has 0 N–H and O–H groups in total. The molecule has 2 aromatic carbocycles. The molecular weight excluding hydrogens is 540 g/mol. The molecule has 0 aromatic heterocycles. The summed E-state index contributed by atoms with van der Waals surface area (Å²) in [6, 6.07) is 4.04. The van der Waals surface area contributed by atoms with Gasteiger partial charge in [0.2, 0.25) is 0 Å². The van der Waals surface area contributed by atoms with Crippen molar-refractivity contribution in [1.82, 2.24) is 0 Å². The Bertz CT molecular complexity index is 1230. The zero-order valence-corrected chi connectivity index (χ0v) is 29.7. The molecule has 0 fully saturated rings. The van der Waals surface area contributed by atoms with Crippen LogP contribution in [0.4, 0.5) is 0 Å². The molecule has 0 spiro atoms. The SMILES string of the molecule is CC(=O)Oc1c(C(C)(C)C)cc(OCCCOc2cc(C(C)(C)C)c(OC(C)=O)c(C(C)(C)C)c2C)c(C)c1C(C)(C)C. The standard InChI is InChI=1S/C37H56O6/c1-22-28(20-26(34(5,6)7)32(42-24(3)38)30(22)36(11,12)13)40-18-17-19-41-29-21-27(35(8,9)10)33(43-25(4)39)31(23(29)2)37(14,15)16/h20-21H,17-19H2,1-16H3. The summed E-state index contributed by atoms with van der Waals surface area (Å²) >= 11 is 0. The Morgan fingerprint density at radius 3 is 1.09 bits per heavy atom. The minimum atomic E-state index is -0.332. The monoisotopic (exact) mass is 596 g/mol. The first-order valence-corrected chi connectivity index (χ1v) is 15.4. The number of carbonyl (C=O) groups is 2. The van der Waals surface area contributed by atoms with Crippen molar-refractivity contribution in [2.75, 3.05) is 13.2 Å². The van der Waals surface area contributed by atoms with Gasteiger partial charge in [-0.25, -0.2) is 0 Å². The summed E-state index contributed by atoms with van der Waals surface area (Å²) in [6.45, 7) is 33.3. The summed E-state index contributed by atoms with van der Waals surface area (Å²) < 4.78 is 24.4. The largest absolute Gasteiger partial charge is 0.493 e. The number of esters is 2. The van der Waals surface area contributed by atoms with Crippen LogP contribution in [0.3, 0.4) is 0 Å². The van der Waals surface area contributed by atoms with Gasteiger partial charge in [-0.15, -0.1) is 0 Å². The summed E-state index contributed by atoms with van der Waals surface area (Å²) in [5.41, 5.74) is 4.75. The van der Waals surface area contributed by atoms with Crippen molar-refractivity contribution in [1.29, 1.82) is 0 Å². The van der Waals surface area contributed by atoms with Gasteiger partial charge in [0, 0.05) is 42.5 Å². The molecule has 0 amide bonds. The lowest BCUT2D eigenvalue weighted by Crippen LogP contribution is -2.23. The second kappa shape index (κ2) is 12.9. The van der Waals surface area contributed by atoms with E-state index in [-0.39, 0.29) is 33.6 Å². The van der Waals surface area contributed by atoms with Gasteiger partial charge in [0.15, 0.2) is 0 Å². The van der Waals surface area contributed by atoms with Crippen LogP contribution in [-0.2, 0) is 31.2 Å². The van der Waals surface area contributed by atoms with Crippen molar-refractivity contribution in [3.63, 3.8) is 0 Å². The van der Waals surface area contributed by atoms with E-state index in [0.29, 0.717) is 31.1 Å². The van der Waals surface area contributed by atoms with Crippen LogP contribution >= 0.6 is 0 Å².